The molecule has 2 aromatic rings. The van der Waals surface area contributed by atoms with Crippen LogP contribution in [0.5, 0.6) is 0 Å². The first-order chi connectivity index (χ1) is 9.38. The molecule has 3 nitrogen and oxygen atoms in total. The van der Waals surface area contributed by atoms with Crippen molar-refractivity contribution in [1.82, 2.24) is 4.98 Å². The van der Waals surface area contributed by atoms with Gasteiger partial charge in [-0.25, -0.2) is 13.8 Å². The van der Waals surface area contributed by atoms with Gasteiger partial charge in [0, 0.05) is 16.7 Å². The minimum Gasteiger partial charge on any atom is -0.318 e. The normalized spacial score (nSPS) is 10.4. The summed E-state index contributed by atoms with van der Waals surface area (Å²) in [7, 11) is 0. The highest BCUT2D eigenvalue weighted by atomic mass is 79.9. The summed E-state index contributed by atoms with van der Waals surface area (Å²) in [6, 6.07) is 2.93. The molecule has 0 aliphatic rings. The van der Waals surface area contributed by atoms with Crippen LogP contribution in [0.25, 0.3) is 0 Å². The number of halogens is 5. The molecule has 0 saturated carbocycles. The third-order valence-corrected chi connectivity index (χ3v) is 3.45. The van der Waals surface area contributed by atoms with Gasteiger partial charge in [0.05, 0.1) is 16.3 Å². The molecule has 1 heterocycles. The Bertz CT molecular complexity index is 674. The number of nitrogens with one attached hydrogen (secondary N) is 1. The molecule has 104 valence electrons. The van der Waals surface area contributed by atoms with Crippen LogP contribution in [-0.4, -0.2) is 10.9 Å². The minimum atomic E-state index is -0.915. The number of carbonyl (C=O) groups excluding carboxylic acids is 1. The number of rotatable bonds is 2. The van der Waals surface area contributed by atoms with Crippen LogP contribution in [0, 0.1) is 11.6 Å². The maximum atomic E-state index is 13.6. The lowest BCUT2D eigenvalue weighted by molar-refractivity contribution is 0.102. The van der Waals surface area contributed by atoms with Gasteiger partial charge in [-0.2, -0.15) is 0 Å². The number of hydrogen-bond donors (Lipinski definition) is 1. The molecule has 0 aliphatic heterocycles. The number of amides is 1. The van der Waals surface area contributed by atoms with Gasteiger partial charge in [0.15, 0.2) is 5.82 Å². The first kappa shape index (κ1) is 15.2. The number of benzene rings is 1. The van der Waals surface area contributed by atoms with Gasteiger partial charge in [0.25, 0.3) is 5.91 Å². The van der Waals surface area contributed by atoms with Gasteiger partial charge in [-0.1, -0.05) is 23.2 Å². The maximum Gasteiger partial charge on any atom is 0.257 e. The fraction of sp³-hybridized carbons (Fsp3) is 0. The van der Waals surface area contributed by atoms with E-state index in [1.54, 1.807) is 0 Å². The van der Waals surface area contributed by atoms with Crippen LogP contribution in [0.3, 0.4) is 0 Å². The van der Waals surface area contributed by atoms with Crippen LogP contribution in [0.15, 0.2) is 28.9 Å². The van der Waals surface area contributed by atoms with Crippen LogP contribution in [-0.2, 0) is 0 Å². The zero-order chi connectivity index (χ0) is 14.9. The van der Waals surface area contributed by atoms with Crippen LogP contribution in [0.2, 0.25) is 10.2 Å². The Kier molecular flexibility index (Phi) is 4.57. The summed E-state index contributed by atoms with van der Waals surface area (Å²) in [5.74, 6) is -2.37. The zero-order valence-electron chi connectivity index (χ0n) is 9.55. The van der Waals surface area contributed by atoms with Crippen LogP contribution >= 0.6 is 39.1 Å². The van der Waals surface area contributed by atoms with E-state index in [9.17, 15) is 13.6 Å². The van der Waals surface area contributed by atoms with E-state index in [1.165, 1.54) is 12.3 Å². The maximum absolute atomic E-state index is 13.6. The van der Waals surface area contributed by atoms with Crippen molar-refractivity contribution in [3.05, 3.63) is 56.2 Å². The Balaban J connectivity index is 2.35. The van der Waals surface area contributed by atoms with Gasteiger partial charge in [-0.15, -0.1) is 0 Å². The fourth-order valence-corrected chi connectivity index (χ4v) is 2.28. The van der Waals surface area contributed by atoms with Crippen LogP contribution in [0.4, 0.5) is 14.5 Å². The molecule has 8 heteroatoms. The Hall–Kier alpha value is -1.24. The van der Waals surface area contributed by atoms with E-state index in [-0.39, 0.29) is 25.9 Å². The van der Waals surface area contributed by atoms with Crippen molar-refractivity contribution >= 4 is 50.7 Å². The SMILES string of the molecule is O=C(Nc1c(F)cc(F)cc1Br)c1cc(Cl)ncc1Cl. The molecule has 0 aliphatic carbocycles. The zero-order valence-corrected chi connectivity index (χ0v) is 12.7. The molecule has 1 aromatic carbocycles. The second kappa shape index (κ2) is 6.03. The lowest BCUT2D eigenvalue weighted by atomic mass is 10.2. The van der Waals surface area contributed by atoms with Crippen molar-refractivity contribution in [2.24, 2.45) is 0 Å². The van der Waals surface area contributed by atoms with Crippen molar-refractivity contribution in [3.8, 4) is 0 Å². The van der Waals surface area contributed by atoms with E-state index < -0.39 is 17.5 Å². The highest BCUT2D eigenvalue weighted by Crippen LogP contribution is 2.28. The second-order valence-corrected chi connectivity index (χ2v) is 5.33. The fourth-order valence-electron chi connectivity index (χ4n) is 1.43. The molecule has 0 unspecified atom stereocenters. The predicted molar refractivity (Wildman–Crippen MR) is 76.3 cm³/mol. The highest BCUT2D eigenvalue weighted by Gasteiger charge is 2.16. The van der Waals surface area contributed by atoms with E-state index >= 15 is 0 Å². The monoisotopic (exact) mass is 380 g/mol. The van der Waals surface area contributed by atoms with E-state index in [2.05, 4.69) is 26.2 Å². The molecule has 1 amide bonds. The minimum absolute atomic E-state index is 0.0299. The van der Waals surface area contributed by atoms with Gasteiger partial charge in [-0.3, -0.25) is 4.79 Å². The summed E-state index contributed by atoms with van der Waals surface area (Å²) >= 11 is 14.4. The first-order valence-corrected chi connectivity index (χ1v) is 6.70. The van der Waals surface area contributed by atoms with Gasteiger partial charge in [0.1, 0.15) is 11.0 Å². The number of hydrogen-bond acceptors (Lipinski definition) is 2. The summed E-state index contributed by atoms with van der Waals surface area (Å²) in [5.41, 5.74) is -0.164. The summed E-state index contributed by atoms with van der Waals surface area (Å²) in [4.78, 5) is 15.7. The molecule has 1 N–H and O–H groups in total. The Morgan fingerprint density at radius 1 is 1.25 bits per heavy atom. The largest absolute Gasteiger partial charge is 0.318 e. The number of carbonyl (C=O) groups is 1. The standard InChI is InChI=1S/C12H5BrCl2F2N2O/c13-7-1-5(16)2-9(17)11(7)19-12(20)6-3-10(15)18-4-8(6)14/h1-4H,(H,19,20). The van der Waals surface area contributed by atoms with E-state index in [0.29, 0.717) is 6.07 Å². The third kappa shape index (κ3) is 3.26. The predicted octanol–water partition coefficient (Wildman–Crippen LogP) is 4.68. The molecule has 1 aromatic heterocycles. The van der Waals surface area contributed by atoms with Crippen LogP contribution in [0.1, 0.15) is 10.4 Å². The Morgan fingerprint density at radius 3 is 2.60 bits per heavy atom. The number of pyridine rings is 1. The molecule has 0 saturated heterocycles. The van der Waals surface area contributed by atoms with Crippen molar-refractivity contribution < 1.29 is 13.6 Å². The van der Waals surface area contributed by atoms with Crippen molar-refractivity contribution in [3.63, 3.8) is 0 Å². The van der Waals surface area contributed by atoms with Gasteiger partial charge < -0.3 is 5.32 Å². The molecule has 0 atom stereocenters. The summed E-state index contributed by atoms with van der Waals surface area (Å²) in [5, 5.41) is 2.42. The van der Waals surface area contributed by atoms with Crippen molar-refractivity contribution in [1.29, 1.82) is 0 Å². The van der Waals surface area contributed by atoms with E-state index in [1.807, 2.05) is 0 Å². The molecule has 2 rings (SSSR count). The summed E-state index contributed by atoms with van der Waals surface area (Å²) in [6.45, 7) is 0. The number of nitrogens with zero attached hydrogens (tertiary/aromatic N) is 1. The Morgan fingerprint density at radius 2 is 1.95 bits per heavy atom. The number of aromatic nitrogens is 1. The lowest BCUT2D eigenvalue weighted by Gasteiger charge is -2.10. The molecular formula is C12H5BrCl2F2N2O. The smallest absolute Gasteiger partial charge is 0.257 e. The first-order valence-electron chi connectivity index (χ1n) is 5.15. The van der Waals surface area contributed by atoms with E-state index in [4.69, 9.17) is 23.2 Å². The van der Waals surface area contributed by atoms with Crippen LogP contribution < -0.4 is 5.32 Å². The molecule has 0 bridgehead atoms. The molecule has 20 heavy (non-hydrogen) atoms. The van der Waals surface area contributed by atoms with E-state index in [0.717, 1.165) is 6.07 Å². The molecule has 0 spiro atoms. The van der Waals surface area contributed by atoms with Crippen molar-refractivity contribution in [2.75, 3.05) is 5.32 Å². The van der Waals surface area contributed by atoms with Gasteiger partial charge >= 0.3 is 0 Å². The second-order valence-electron chi connectivity index (χ2n) is 3.69. The summed E-state index contributed by atoms with van der Waals surface area (Å²) < 4.78 is 26.6. The summed E-state index contributed by atoms with van der Waals surface area (Å²) in [6.07, 6.45) is 1.20. The highest BCUT2D eigenvalue weighted by molar-refractivity contribution is 9.10. The lowest BCUT2D eigenvalue weighted by Crippen LogP contribution is -2.14. The average Bonchev–Trinajstić information content (AvgIpc) is 2.36. The third-order valence-electron chi connectivity index (χ3n) is 2.31. The van der Waals surface area contributed by atoms with Gasteiger partial charge in [-0.05, 0) is 28.1 Å². The molecular weight excluding hydrogens is 377 g/mol. The van der Waals surface area contributed by atoms with Gasteiger partial charge in [0.2, 0.25) is 0 Å². The quantitative estimate of drug-likeness (QED) is 0.767. The average molecular weight is 382 g/mol. The molecule has 0 fully saturated rings. The topological polar surface area (TPSA) is 42.0 Å². The number of anilines is 1. The van der Waals surface area contributed by atoms with Crippen molar-refractivity contribution in [2.45, 2.75) is 0 Å². The Labute approximate surface area is 131 Å². The molecule has 0 radical (unpaired) electrons.